The van der Waals surface area contributed by atoms with E-state index in [-0.39, 0.29) is 11.2 Å². The summed E-state index contributed by atoms with van der Waals surface area (Å²) < 4.78 is 5.43. The van der Waals surface area contributed by atoms with E-state index >= 15 is 0 Å². The minimum atomic E-state index is -0.182. The first-order chi connectivity index (χ1) is 11.7. The smallest absolute Gasteiger partial charge is 0.239 e. The number of thiophene rings is 1. The molecule has 1 N–H and O–H groups in total. The monoisotopic (exact) mass is 359 g/mol. The van der Waals surface area contributed by atoms with E-state index in [2.05, 4.69) is 15.5 Å². The van der Waals surface area contributed by atoms with Crippen LogP contribution >= 0.6 is 23.1 Å². The van der Waals surface area contributed by atoms with Crippen LogP contribution in [0, 0.1) is 0 Å². The lowest BCUT2D eigenvalue weighted by molar-refractivity contribution is -0.118. The summed E-state index contributed by atoms with van der Waals surface area (Å²) in [6.07, 6.45) is 2.33. The van der Waals surface area contributed by atoms with Gasteiger partial charge in [-0.05, 0) is 42.5 Å². The number of hydrogen-bond donors (Lipinski definition) is 1. The Kier molecular flexibility index (Phi) is 5.66. The van der Waals surface area contributed by atoms with E-state index in [1.807, 2.05) is 48.7 Å². The van der Waals surface area contributed by atoms with Gasteiger partial charge in [-0.2, -0.15) is 5.10 Å². The van der Waals surface area contributed by atoms with Gasteiger partial charge in [0.05, 0.1) is 18.1 Å². The van der Waals surface area contributed by atoms with Crippen LogP contribution in [0.5, 0.6) is 5.75 Å². The third-order valence-electron chi connectivity index (χ3n) is 3.31. The fraction of sp³-hybridized carbons (Fsp3) is 0.235. The second-order valence-corrected chi connectivity index (χ2v) is 7.21. The van der Waals surface area contributed by atoms with Gasteiger partial charge in [-0.25, -0.2) is 0 Å². The van der Waals surface area contributed by atoms with Crippen LogP contribution in [0.15, 0.2) is 52.0 Å². The van der Waals surface area contributed by atoms with Gasteiger partial charge in [0.1, 0.15) is 5.75 Å². The molecule has 1 aromatic carbocycles. The Morgan fingerprint density at radius 2 is 2.12 bits per heavy atom. The van der Waals surface area contributed by atoms with Crippen LogP contribution in [0.1, 0.15) is 17.4 Å². The van der Waals surface area contributed by atoms with Gasteiger partial charge < -0.3 is 10.1 Å². The van der Waals surface area contributed by atoms with Gasteiger partial charge in [-0.1, -0.05) is 30.0 Å². The molecule has 0 aliphatic carbocycles. The summed E-state index contributed by atoms with van der Waals surface area (Å²) in [6, 6.07) is 11.8. The predicted molar refractivity (Wildman–Crippen MR) is 100 cm³/mol. The summed E-state index contributed by atoms with van der Waals surface area (Å²) in [5, 5.41) is 13.2. The van der Waals surface area contributed by atoms with Gasteiger partial charge in [-0.15, -0.1) is 16.4 Å². The molecule has 5 nitrogen and oxygen atoms in total. The molecule has 1 aromatic heterocycles. The van der Waals surface area contributed by atoms with Crippen LogP contribution in [0.2, 0.25) is 0 Å². The molecule has 0 unspecified atom stereocenters. The van der Waals surface area contributed by atoms with E-state index in [1.165, 1.54) is 11.8 Å². The van der Waals surface area contributed by atoms with Crippen molar-refractivity contribution in [2.45, 2.75) is 18.6 Å². The highest BCUT2D eigenvalue weighted by Gasteiger charge is 2.30. The minimum Gasteiger partial charge on any atom is -0.494 e. The van der Waals surface area contributed by atoms with Crippen molar-refractivity contribution in [1.29, 1.82) is 0 Å². The molecule has 7 heteroatoms. The molecule has 1 fully saturated rings. The highest BCUT2D eigenvalue weighted by molar-refractivity contribution is 8.15. The zero-order valence-electron chi connectivity index (χ0n) is 13.1. The molecule has 24 heavy (non-hydrogen) atoms. The zero-order chi connectivity index (χ0) is 16.8. The number of amides is 1. The quantitative estimate of drug-likeness (QED) is 0.636. The van der Waals surface area contributed by atoms with E-state index in [0.29, 0.717) is 18.2 Å². The van der Waals surface area contributed by atoms with Crippen LogP contribution in [-0.4, -0.2) is 29.1 Å². The van der Waals surface area contributed by atoms with Gasteiger partial charge in [0, 0.05) is 4.88 Å². The number of rotatable bonds is 6. The number of nitrogens with one attached hydrogen (secondary N) is 1. The predicted octanol–water partition coefficient (Wildman–Crippen LogP) is 3.31. The van der Waals surface area contributed by atoms with Crippen molar-refractivity contribution in [3.63, 3.8) is 0 Å². The van der Waals surface area contributed by atoms with Crippen LogP contribution in [0.3, 0.4) is 0 Å². The minimum absolute atomic E-state index is 0.0287. The molecule has 1 aliphatic heterocycles. The molecule has 1 amide bonds. The molecule has 2 aromatic rings. The molecule has 0 saturated carbocycles. The topological polar surface area (TPSA) is 63.1 Å². The van der Waals surface area contributed by atoms with Crippen molar-refractivity contribution in [2.75, 3.05) is 6.61 Å². The Bertz CT molecular complexity index is 740. The summed E-state index contributed by atoms with van der Waals surface area (Å²) in [5.41, 5.74) is 1.09. The molecular weight excluding hydrogens is 342 g/mol. The molecule has 1 aliphatic rings. The Hall–Kier alpha value is -2.12. The number of ether oxygens (including phenoxy) is 1. The number of hydrogen-bond acceptors (Lipinski definition) is 6. The molecule has 1 atom stereocenters. The molecule has 0 spiro atoms. The molecule has 1 saturated heterocycles. The molecule has 2 heterocycles. The van der Waals surface area contributed by atoms with Crippen LogP contribution < -0.4 is 10.1 Å². The Morgan fingerprint density at radius 1 is 1.29 bits per heavy atom. The van der Waals surface area contributed by atoms with E-state index in [4.69, 9.17) is 4.74 Å². The fourth-order valence-electron chi connectivity index (χ4n) is 2.19. The average molecular weight is 359 g/mol. The number of benzene rings is 1. The number of nitrogens with zero attached hydrogens (tertiary/aromatic N) is 2. The molecule has 0 radical (unpaired) electrons. The number of carbonyl (C=O) groups excluding carboxylic acids is 1. The van der Waals surface area contributed by atoms with Crippen LogP contribution in [-0.2, 0) is 11.2 Å². The summed E-state index contributed by atoms with van der Waals surface area (Å²) in [4.78, 5) is 13.1. The molecule has 0 bridgehead atoms. The van der Waals surface area contributed by atoms with E-state index < -0.39 is 0 Å². The van der Waals surface area contributed by atoms with E-state index in [9.17, 15) is 4.79 Å². The largest absolute Gasteiger partial charge is 0.494 e. The standard InChI is InChI=1S/C17H17N3O2S2/c1-2-22-13-7-5-12(6-8-13)10-15-16(21)19-17(24-15)20-18-11-14-4-3-9-23-14/h3-9,11,15H,2,10H2,1H3,(H,19,20,21)/b18-11-/t15-/m0/s1. The Labute approximate surface area is 148 Å². The van der Waals surface area contributed by atoms with Crippen LogP contribution in [0.25, 0.3) is 0 Å². The number of thioether (sulfide) groups is 1. The highest BCUT2D eigenvalue weighted by atomic mass is 32.2. The van der Waals surface area contributed by atoms with Crippen molar-refractivity contribution < 1.29 is 9.53 Å². The Morgan fingerprint density at radius 3 is 2.83 bits per heavy atom. The lowest BCUT2D eigenvalue weighted by atomic mass is 10.1. The van der Waals surface area contributed by atoms with Crippen molar-refractivity contribution in [3.8, 4) is 5.75 Å². The molecule has 124 valence electrons. The van der Waals surface area contributed by atoms with Crippen molar-refractivity contribution in [1.82, 2.24) is 5.32 Å². The van der Waals surface area contributed by atoms with E-state index in [1.54, 1.807) is 17.6 Å². The number of carbonyl (C=O) groups is 1. The first kappa shape index (κ1) is 16.7. The third-order valence-corrected chi connectivity index (χ3v) is 5.19. The van der Waals surface area contributed by atoms with Gasteiger partial charge in [0.15, 0.2) is 5.17 Å². The lowest BCUT2D eigenvalue weighted by Gasteiger charge is -2.07. The SMILES string of the molecule is CCOc1ccc(C[C@@H]2S/C(=N/N=C\c3cccs3)NC2=O)cc1. The maximum Gasteiger partial charge on any atom is 0.239 e. The van der Waals surface area contributed by atoms with Gasteiger partial charge in [0.25, 0.3) is 0 Å². The lowest BCUT2D eigenvalue weighted by Crippen LogP contribution is -2.25. The van der Waals surface area contributed by atoms with Gasteiger partial charge >= 0.3 is 0 Å². The molecule has 3 rings (SSSR count). The van der Waals surface area contributed by atoms with Gasteiger partial charge in [0.2, 0.25) is 5.91 Å². The average Bonchev–Trinajstić information content (AvgIpc) is 3.20. The van der Waals surface area contributed by atoms with Crippen LogP contribution in [0.4, 0.5) is 0 Å². The second-order valence-electron chi connectivity index (χ2n) is 5.04. The highest BCUT2D eigenvalue weighted by Crippen LogP contribution is 2.24. The normalized spacial score (nSPS) is 19.1. The summed E-state index contributed by atoms with van der Waals surface area (Å²) in [7, 11) is 0. The third kappa shape index (κ3) is 4.46. The second kappa shape index (κ2) is 8.12. The summed E-state index contributed by atoms with van der Waals surface area (Å²) in [5.74, 6) is 0.814. The van der Waals surface area contributed by atoms with Crippen molar-refractivity contribution in [2.24, 2.45) is 10.2 Å². The maximum atomic E-state index is 12.1. The summed E-state index contributed by atoms with van der Waals surface area (Å²) in [6.45, 7) is 2.60. The fourth-order valence-corrected chi connectivity index (χ4v) is 3.74. The Balaban J connectivity index is 1.58. The first-order valence-electron chi connectivity index (χ1n) is 7.58. The van der Waals surface area contributed by atoms with Crippen molar-refractivity contribution >= 4 is 40.4 Å². The first-order valence-corrected chi connectivity index (χ1v) is 9.34. The maximum absolute atomic E-state index is 12.1. The van der Waals surface area contributed by atoms with Gasteiger partial charge in [-0.3, -0.25) is 4.79 Å². The number of amidine groups is 1. The van der Waals surface area contributed by atoms with E-state index in [0.717, 1.165) is 16.2 Å². The summed E-state index contributed by atoms with van der Waals surface area (Å²) >= 11 is 3.00. The van der Waals surface area contributed by atoms with Crippen molar-refractivity contribution in [3.05, 3.63) is 52.2 Å². The molecular formula is C17H17N3O2S2. The zero-order valence-corrected chi connectivity index (χ0v) is 14.8.